The van der Waals surface area contributed by atoms with Gasteiger partial charge in [0.2, 0.25) is 15.8 Å². The molecule has 0 bridgehead atoms. The number of carbonyl (C=O) groups is 1. The van der Waals surface area contributed by atoms with Crippen molar-refractivity contribution in [3.05, 3.63) is 42.2 Å². The molecule has 144 valence electrons. The molecule has 8 nitrogen and oxygen atoms in total. The Morgan fingerprint density at radius 1 is 1.15 bits per heavy atom. The van der Waals surface area contributed by atoms with Crippen LogP contribution in [0.1, 0.15) is 10.4 Å². The Labute approximate surface area is 154 Å². The van der Waals surface area contributed by atoms with Gasteiger partial charge in [0.15, 0.2) is 0 Å². The van der Waals surface area contributed by atoms with Gasteiger partial charge in [0.05, 0.1) is 41.8 Å². The number of hydrogen-bond acceptors (Lipinski definition) is 7. The van der Waals surface area contributed by atoms with E-state index < -0.39 is 26.4 Å². The Hall–Kier alpha value is -2.66. The largest absolute Gasteiger partial charge is 0.378 e. The van der Waals surface area contributed by atoms with E-state index in [4.69, 9.17) is 4.74 Å². The minimum Gasteiger partial charge on any atom is -0.378 e. The molecule has 1 aliphatic heterocycles. The number of sulfone groups is 1. The highest BCUT2D eigenvalue weighted by atomic mass is 32.2. The summed E-state index contributed by atoms with van der Waals surface area (Å²) in [7, 11) is -4.91. The maximum Gasteiger partial charge on any atom is 0.341 e. The van der Waals surface area contributed by atoms with E-state index in [1.165, 1.54) is 24.5 Å². The number of benzene rings is 1. The lowest BCUT2D eigenvalue weighted by molar-refractivity contribution is 0.102. The van der Waals surface area contributed by atoms with E-state index in [9.17, 15) is 22.0 Å². The lowest BCUT2D eigenvalue weighted by atomic mass is 10.2. The second-order valence-corrected chi connectivity index (χ2v) is 7.51. The number of nitrogens with one attached hydrogen (secondary N) is 1. The van der Waals surface area contributed by atoms with Gasteiger partial charge in [-0.25, -0.2) is 18.4 Å². The highest BCUT2D eigenvalue weighted by Gasteiger charge is 2.30. The molecule has 1 aromatic heterocycles. The quantitative estimate of drug-likeness (QED) is 0.816. The van der Waals surface area contributed by atoms with E-state index in [2.05, 4.69) is 15.3 Å². The van der Waals surface area contributed by atoms with Crippen LogP contribution in [0.2, 0.25) is 0 Å². The monoisotopic (exact) mass is 398 g/mol. The zero-order valence-electron chi connectivity index (χ0n) is 14.0. The summed E-state index contributed by atoms with van der Waals surface area (Å²) in [4.78, 5) is 21.9. The van der Waals surface area contributed by atoms with E-state index in [1.54, 1.807) is 0 Å². The van der Waals surface area contributed by atoms with Gasteiger partial charge in [-0.05, 0) is 12.1 Å². The average molecular weight is 398 g/mol. The number of halogens is 2. The van der Waals surface area contributed by atoms with Crippen LogP contribution in [-0.2, 0) is 14.6 Å². The number of hydrogen-bond donors (Lipinski definition) is 1. The standard InChI is InChI=1S/C16H16F2N4O4S/c17-15(18)27(24,25)13-4-2-1-3-12(13)14(23)21-11-9-19-16(20-10-11)22-5-7-26-8-6-22/h1-4,9-10,15H,5-8H2,(H,21,23). The van der Waals surface area contributed by atoms with Crippen LogP contribution in [-0.4, -0.2) is 56.4 Å². The second-order valence-electron chi connectivity index (χ2n) is 5.63. The number of rotatable bonds is 5. The van der Waals surface area contributed by atoms with E-state index in [0.29, 0.717) is 32.3 Å². The second kappa shape index (κ2) is 7.92. The molecule has 2 heterocycles. The zero-order valence-corrected chi connectivity index (χ0v) is 14.8. The topological polar surface area (TPSA) is 101 Å². The number of amides is 1. The van der Waals surface area contributed by atoms with Crippen molar-refractivity contribution in [3.63, 3.8) is 0 Å². The summed E-state index contributed by atoms with van der Waals surface area (Å²) in [6, 6.07) is 4.78. The Morgan fingerprint density at radius 3 is 2.41 bits per heavy atom. The first-order valence-electron chi connectivity index (χ1n) is 7.97. The van der Waals surface area contributed by atoms with Gasteiger partial charge >= 0.3 is 5.76 Å². The number of nitrogens with zero attached hydrogens (tertiary/aromatic N) is 3. The number of anilines is 2. The van der Waals surface area contributed by atoms with Crippen LogP contribution in [0.5, 0.6) is 0 Å². The van der Waals surface area contributed by atoms with Gasteiger partial charge in [-0.15, -0.1) is 0 Å². The molecule has 0 atom stereocenters. The molecule has 0 spiro atoms. The van der Waals surface area contributed by atoms with Gasteiger partial charge in [0.25, 0.3) is 5.91 Å². The minimum absolute atomic E-state index is 0.209. The molecule has 0 radical (unpaired) electrons. The van der Waals surface area contributed by atoms with Gasteiger partial charge in [-0.2, -0.15) is 8.78 Å². The van der Waals surface area contributed by atoms with Crippen LogP contribution >= 0.6 is 0 Å². The third kappa shape index (κ3) is 4.19. The predicted molar refractivity (Wildman–Crippen MR) is 92.6 cm³/mol. The van der Waals surface area contributed by atoms with Gasteiger partial charge in [-0.3, -0.25) is 4.79 Å². The number of aromatic nitrogens is 2. The highest BCUT2D eigenvalue weighted by molar-refractivity contribution is 7.91. The summed E-state index contributed by atoms with van der Waals surface area (Å²) in [6.45, 7) is 2.42. The van der Waals surface area contributed by atoms with E-state index >= 15 is 0 Å². The van der Waals surface area contributed by atoms with Crippen LogP contribution in [0, 0.1) is 0 Å². The van der Waals surface area contributed by atoms with E-state index in [0.717, 1.165) is 12.1 Å². The molecule has 1 aliphatic rings. The molecular weight excluding hydrogens is 382 g/mol. The van der Waals surface area contributed by atoms with Crippen LogP contribution < -0.4 is 10.2 Å². The third-order valence-corrected chi connectivity index (χ3v) is 5.30. The zero-order chi connectivity index (χ0) is 19.4. The van der Waals surface area contributed by atoms with Crippen molar-refractivity contribution in [3.8, 4) is 0 Å². The molecule has 11 heteroatoms. The maximum absolute atomic E-state index is 12.8. The SMILES string of the molecule is O=C(Nc1cnc(N2CCOCC2)nc1)c1ccccc1S(=O)(=O)C(F)F. The third-order valence-electron chi connectivity index (χ3n) is 3.86. The van der Waals surface area contributed by atoms with Crippen molar-refractivity contribution >= 4 is 27.4 Å². The first-order chi connectivity index (χ1) is 12.9. The number of ether oxygens (including phenoxy) is 1. The van der Waals surface area contributed by atoms with E-state index in [-0.39, 0.29) is 11.3 Å². The van der Waals surface area contributed by atoms with Crippen LogP contribution in [0.15, 0.2) is 41.6 Å². The van der Waals surface area contributed by atoms with Crippen molar-refractivity contribution < 1.29 is 26.7 Å². The van der Waals surface area contributed by atoms with E-state index in [1.807, 2.05) is 4.90 Å². The van der Waals surface area contributed by atoms with Gasteiger partial charge in [0.1, 0.15) is 0 Å². The summed E-state index contributed by atoms with van der Waals surface area (Å²) in [5, 5.41) is 2.42. The fourth-order valence-corrected chi connectivity index (χ4v) is 3.44. The first kappa shape index (κ1) is 19.1. The molecule has 0 unspecified atom stereocenters. The number of carbonyl (C=O) groups excluding carboxylic acids is 1. The number of alkyl halides is 2. The van der Waals surface area contributed by atoms with Crippen molar-refractivity contribution in [2.75, 3.05) is 36.5 Å². The lowest BCUT2D eigenvalue weighted by Gasteiger charge is -2.26. The highest BCUT2D eigenvalue weighted by Crippen LogP contribution is 2.23. The number of morpholine rings is 1. The summed E-state index contributed by atoms with van der Waals surface area (Å²) >= 11 is 0. The minimum atomic E-state index is -4.91. The normalized spacial score (nSPS) is 15.0. The Balaban J connectivity index is 1.78. The van der Waals surface area contributed by atoms with Crippen molar-refractivity contribution in [1.29, 1.82) is 0 Å². The maximum atomic E-state index is 12.8. The van der Waals surface area contributed by atoms with Crippen molar-refractivity contribution in [2.24, 2.45) is 0 Å². The van der Waals surface area contributed by atoms with Crippen LogP contribution in [0.3, 0.4) is 0 Å². The van der Waals surface area contributed by atoms with Gasteiger partial charge in [-0.1, -0.05) is 12.1 Å². The fourth-order valence-electron chi connectivity index (χ4n) is 2.51. The Morgan fingerprint density at radius 2 is 1.78 bits per heavy atom. The summed E-state index contributed by atoms with van der Waals surface area (Å²) in [5.74, 6) is -4.00. The Kier molecular flexibility index (Phi) is 5.61. The molecule has 1 fully saturated rings. The fraction of sp³-hybridized carbons (Fsp3) is 0.312. The molecule has 1 saturated heterocycles. The van der Waals surface area contributed by atoms with Crippen LogP contribution in [0.4, 0.5) is 20.4 Å². The molecule has 2 aromatic rings. The summed E-state index contributed by atoms with van der Waals surface area (Å²) < 4.78 is 54.4. The van der Waals surface area contributed by atoms with Crippen LogP contribution in [0.25, 0.3) is 0 Å². The van der Waals surface area contributed by atoms with Gasteiger partial charge in [0, 0.05) is 13.1 Å². The first-order valence-corrected chi connectivity index (χ1v) is 9.51. The predicted octanol–water partition coefficient (Wildman–Crippen LogP) is 1.56. The molecule has 1 aromatic carbocycles. The van der Waals surface area contributed by atoms with Crippen molar-refractivity contribution in [1.82, 2.24) is 9.97 Å². The molecule has 27 heavy (non-hydrogen) atoms. The summed E-state index contributed by atoms with van der Waals surface area (Å²) in [5.41, 5.74) is -0.170. The molecule has 3 rings (SSSR count). The smallest absolute Gasteiger partial charge is 0.341 e. The molecule has 1 N–H and O–H groups in total. The van der Waals surface area contributed by atoms with Crippen molar-refractivity contribution in [2.45, 2.75) is 10.7 Å². The summed E-state index contributed by atoms with van der Waals surface area (Å²) in [6.07, 6.45) is 2.72. The lowest BCUT2D eigenvalue weighted by Crippen LogP contribution is -2.37. The van der Waals surface area contributed by atoms with Gasteiger partial charge < -0.3 is 15.0 Å². The molecule has 1 amide bonds. The Bertz CT molecular complexity index is 916. The molecular formula is C16H16F2N4O4S. The molecule has 0 aliphatic carbocycles. The molecule has 0 saturated carbocycles. The average Bonchev–Trinajstić information content (AvgIpc) is 2.69.